The van der Waals surface area contributed by atoms with E-state index in [-0.39, 0.29) is 12.1 Å². The monoisotopic (exact) mass is 393 g/mol. The van der Waals surface area contributed by atoms with Crippen molar-refractivity contribution in [3.05, 3.63) is 29.8 Å². The van der Waals surface area contributed by atoms with Crippen LogP contribution in [0.25, 0.3) is 0 Å². The zero-order chi connectivity index (χ0) is 20.2. The molecule has 150 valence electrons. The molecule has 1 heterocycles. The van der Waals surface area contributed by atoms with Crippen LogP contribution in [0.3, 0.4) is 0 Å². The molecule has 1 aromatic carbocycles. The Labute approximate surface area is 162 Å². The molecule has 1 aromatic rings. The second-order valence-electron chi connectivity index (χ2n) is 8.88. The molecular weight excluding hydrogens is 362 g/mol. The maximum atomic E-state index is 12.0. The van der Waals surface area contributed by atoms with Crippen LogP contribution in [0, 0.1) is 0 Å². The summed E-state index contributed by atoms with van der Waals surface area (Å²) in [5.74, 6) is -0.247. The van der Waals surface area contributed by atoms with Crippen molar-refractivity contribution in [2.24, 2.45) is 0 Å². The number of hydrogen-bond donors (Lipinski definition) is 1. The molecule has 27 heavy (non-hydrogen) atoms. The van der Waals surface area contributed by atoms with Crippen LogP contribution in [0.2, 0.25) is 19.6 Å². The Kier molecular flexibility index (Phi) is 6.70. The summed E-state index contributed by atoms with van der Waals surface area (Å²) in [6.45, 7) is 11.7. The summed E-state index contributed by atoms with van der Waals surface area (Å²) in [5, 5.41) is 2.74. The molecule has 1 aliphatic heterocycles. The molecule has 0 radical (unpaired) electrons. The van der Waals surface area contributed by atoms with Crippen LogP contribution in [-0.2, 0) is 25.1 Å². The summed E-state index contributed by atoms with van der Waals surface area (Å²) < 4.78 is 16.6. The number of rotatable bonds is 6. The molecule has 0 aromatic heterocycles. The second-order valence-corrected chi connectivity index (χ2v) is 13.3. The van der Waals surface area contributed by atoms with Crippen molar-refractivity contribution >= 4 is 26.1 Å². The third-order valence-corrected chi connectivity index (χ3v) is 4.84. The van der Waals surface area contributed by atoms with Crippen molar-refractivity contribution in [3.8, 4) is 0 Å². The first-order valence-corrected chi connectivity index (χ1v) is 12.8. The minimum Gasteiger partial charge on any atom is -0.460 e. The number of benzene rings is 1. The average molecular weight is 394 g/mol. The first kappa shape index (κ1) is 21.4. The molecule has 1 fully saturated rings. The first-order valence-electron chi connectivity index (χ1n) is 9.38. The van der Waals surface area contributed by atoms with Crippen LogP contribution in [-0.4, -0.2) is 38.2 Å². The van der Waals surface area contributed by atoms with Gasteiger partial charge >= 0.3 is 12.1 Å². The summed E-state index contributed by atoms with van der Waals surface area (Å²) in [5.41, 5.74) is 1.21. The molecule has 6 nitrogen and oxygen atoms in total. The van der Waals surface area contributed by atoms with Crippen LogP contribution in [0.15, 0.2) is 24.3 Å². The van der Waals surface area contributed by atoms with E-state index in [4.69, 9.17) is 13.9 Å². The van der Waals surface area contributed by atoms with Gasteiger partial charge in [0.15, 0.2) is 8.32 Å². The van der Waals surface area contributed by atoms with Gasteiger partial charge in [0, 0.05) is 12.1 Å². The molecule has 2 atom stereocenters. The molecule has 0 saturated carbocycles. The molecule has 1 aliphatic rings. The number of hydrogen-bond acceptors (Lipinski definition) is 5. The third kappa shape index (κ3) is 7.72. The summed E-state index contributed by atoms with van der Waals surface area (Å²) in [7, 11) is -1.77. The van der Waals surface area contributed by atoms with Crippen molar-refractivity contribution in [3.63, 3.8) is 0 Å². The molecule has 0 spiro atoms. The maximum Gasteiger partial charge on any atom is 0.412 e. The highest BCUT2D eigenvalue weighted by Crippen LogP contribution is 2.25. The van der Waals surface area contributed by atoms with Crippen molar-refractivity contribution in [2.75, 3.05) is 5.32 Å². The Balaban J connectivity index is 1.86. The Morgan fingerprint density at radius 1 is 1.30 bits per heavy atom. The molecule has 1 N–H and O–H groups in total. The highest BCUT2D eigenvalue weighted by atomic mass is 28.4. The van der Waals surface area contributed by atoms with E-state index in [1.54, 1.807) is 0 Å². The van der Waals surface area contributed by atoms with E-state index in [9.17, 15) is 9.59 Å². The van der Waals surface area contributed by atoms with Gasteiger partial charge in [0.2, 0.25) is 0 Å². The van der Waals surface area contributed by atoms with Crippen LogP contribution in [0.4, 0.5) is 10.5 Å². The molecular formula is C20H31NO5Si. The number of amides is 1. The number of anilines is 1. The fraction of sp³-hybridized carbons (Fsp3) is 0.600. The lowest BCUT2D eigenvalue weighted by molar-refractivity contribution is -0.146. The molecule has 0 aliphatic carbocycles. The van der Waals surface area contributed by atoms with Gasteiger partial charge in [-0.2, -0.15) is 0 Å². The zero-order valence-corrected chi connectivity index (χ0v) is 18.1. The smallest absolute Gasteiger partial charge is 0.412 e. The fourth-order valence-electron chi connectivity index (χ4n) is 2.88. The maximum absolute atomic E-state index is 12.0. The second kappa shape index (κ2) is 8.44. The predicted octanol–water partition coefficient (Wildman–Crippen LogP) is 4.50. The van der Waals surface area contributed by atoms with E-state index in [2.05, 4.69) is 25.0 Å². The average Bonchev–Trinajstić information content (AvgIpc) is 2.82. The number of esters is 1. The van der Waals surface area contributed by atoms with Crippen molar-refractivity contribution in [2.45, 2.75) is 77.5 Å². The van der Waals surface area contributed by atoms with Crippen molar-refractivity contribution < 1.29 is 23.5 Å². The van der Waals surface area contributed by atoms with E-state index in [0.717, 1.165) is 18.4 Å². The Bertz CT molecular complexity index is 678. The number of aryl methyl sites for hydroxylation is 1. The van der Waals surface area contributed by atoms with Gasteiger partial charge in [0.05, 0.1) is 0 Å². The van der Waals surface area contributed by atoms with Gasteiger partial charge in [-0.05, 0) is 71.0 Å². The lowest BCUT2D eigenvalue weighted by atomic mass is 10.0. The SMILES string of the molecule is CC(C)(C)OC(=O)Nc1cccc(CC[C@H]2CC(O[Si](C)(C)C)C(=O)O2)c1. The molecule has 7 heteroatoms. The van der Waals surface area contributed by atoms with Crippen LogP contribution >= 0.6 is 0 Å². The number of carbonyl (C=O) groups is 2. The fourth-order valence-corrected chi connectivity index (χ4v) is 3.92. The predicted molar refractivity (Wildman–Crippen MR) is 107 cm³/mol. The summed E-state index contributed by atoms with van der Waals surface area (Å²) in [4.78, 5) is 23.9. The van der Waals surface area contributed by atoms with E-state index < -0.39 is 26.1 Å². The van der Waals surface area contributed by atoms with E-state index in [1.807, 2.05) is 45.0 Å². The highest BCUT2D eigenvalue weighted by Gasteiger charge is 2.37. The minimum absolute atomic E-state index is 0.124. The third-order valence-electron chi connectivity index (χ3n) is 3.85. The molecule has 1 saturated heterocycles. The standard InChI is InChI=1S/C20H31NO5Si/c1-20(2,3)25-19(23)21-15-9-7-8-14(12-15)10-11-16-13-17(18(22)24-16)26-27(4,5)6/h7-9,12,16-17H,10-11,13H2,1-6H3,(H,21,23)/t16-,17?/m0/s1. The molecule has 1 amide bonds. The van der Waals surface area contributed by atoms with Gasteiger partial charge in [-0.3, -0.25) is 5.32 Å². The van der Waals surface area contributed by atoms with Gasteiger partial charge < -0.3 is 13.9 Å². The lowest BCUT2D eigenvalue weighted by Crippen LogP contribution is -2.34. The largest absolute Gasteiger partial charge is 0.460 e. The normalized spacial score (nSPS) is 20.3. The summed E-state index contributed by atoms with van der Waals surface area (Å²) in [6.07, 6.45) is 1.06. The molecule has 1 unspecified atom stereocenters. The summed E-state index contributed by atoms with van der Waals surface area (Å²) >= 11 is 0. The van der Waals surface area contributed by atoms with E-state index >= 15 is 0 Å². The van der Waals surface area contributed by atoms with Crippen LogP contribution in [0.5, 0.6) is 0 Å². The molecule has 0 bridgehead atoms. The van der Waals surface area contributed by atoms with E-state index in [0.29, 0.717) is 12.1 Å². The Hall–Kier alpha value is -1.86. The zero-order valence-electron chi connectivity index (χ0n) is 17.1. The van der Waals surface area contributed by atoms with Gasteiger partial charge in [0.25, 0.3) is 0 Å². The highest BCUT2D eigenvalue weighted by molar-refractivity contribution is 6.69. The van der Waals surface area contributed by atoms with Gasteiger partial charge in [0.1, 0.15) is 17.8 Å². The van der Waals surface area contributed by atoms with Crippen LogP contribution in [0.1, 0.15) is 39.2 Å². The van der Waals surface area contributed by atoms with E-state index in [1.165, 1.54) is 0 Å². The number of carbonyl (C=O) groups excluding carboxylic acids is 2. The minimum atomic E-state index is -1.77. The summed E-state index contributed by atoms with van der Waals surface area (Å²) in [6, 6.07) is 7.62. The number of ether oxygens (including phenoxy) is 2. The molecule has 2 rings (SSSR count). The van der Waals surface area contributed by atoms with Crippen molar-refractivity contribution in [1.82, 2.24) is 0 Å². The topological polar surface area (TPSA) is 73.9 Å². The quantitative estimate of drug-likeness (QED) is 0.569. The van der Waals surface area contributed by atoms with Gasteiger partial charge in [-0.15, -0.1) is 0 Å². The number of nitrogens with one attached hydrogen (secondary N) is 1. The first-order chi connectivity index (χ1) is 12.4. The Morgan fingerprint density at radius 2 is 2.00 bits per heavy atom. The number of cyclic esters (lactones) is 1. The Morgan fingerprint density at radius 3 is 2.63 bits per heavy atom. The lowest BCUT2D eigenvalue weighted by Gasteiger charge is -2.20. The van der Waals surface area contributed by atoms with Gasteiger partial charge in [-0.1, -0.05) is 12.1 Å². The van der Waals surface area contributed by atoms with Crippen molar-refractivity contribution in [1.29, 1.82) is 0 Å². The van der Waals surface area contributed by atoms with Crippen LogP contribution < -0.4 is 5.32 Å². The van der Waals surface area contributed by atoms with Gasteiger partial charge in [-0.25, -0.2) is 9.59 Å².